The maximum atomic E-state index is 13.1. The van der Waals surface area contributed by atoms with Gasteiger partial charge >= 0.3 is 23.9 Å². The Morgan fingerprint density at radius 2 is 1.86 bits per heavy atom. The van der Waals surface area contributed by atoms with Crippen LogP contribution in [0.1, 0.15) is 40.5 Å². The highest BCUT2D eigenvalue weighted by Crippen LogP contribution is 2.36. The number of carbonyl (C=O) groups is 4. The summed E-state index contributed by atoms with van der Waals surface area (Å²) in [6.45, 7) is 8.76. The molecule has 0 aromatic heterocycles. The molecule has 202 valence electrons. The van der Waals surface area contributed by atoms with E-state index >= 15 is 0 Å². The SMILES string of the molecule is C=C1C(=O)O[C@@H]2/C=C(\C)[C@@H](OC(C)=O)C/C=C(\C)C[C@@H](OC(=O)/C(=C/CO)COC(=O)/C(=C/C)CO)[C@@H]12. The Morgan fingerprint density at radius 1 is 1.16 bits per heavy atom. The van der Waals surface area contributed by atoms with Crippen LogP contribution in [0.5, 0.6) is 0 Å². The topological polar surface area (TPSA) is 146 Å². The summed E-state index contributed by atoms with van der Waals surface area (Å²) in [5.74, 6) is -3.47. The maximum absolute atomic E-state index is 13.1. The third kappa shape index (κ3) is 7.99. The van der Waals surface area contributed by atoms with Gasteiger partial charge < -0.3 is 29.2 Å². The van der Waals surface area contributed by atoms with Gasteiger partial charge in [-0.05, 0) is 38.5 Å². The highest BCUT2D eigenvalue weighted by atomic mass is 16.6. The second-order valence-electron chi connectivity index (χ2n) is 8.82. The van der Waals surface area contributed by atoms with Crippen molar-refractivity contribution >= 4 is 23.9 Å². The molecule has 37 heavy (non-hydrogen) atoms. The van der Waals surface area contributed by atoms with Gasteiger partial charge in [-0.15, -0.1) is 0 Å². The van der Waals surface area contributed by atoms with Crippen LogP contribution in [0.25, 0.3) is 0 Å². The number of allylic oxidation sites excluding steroid dienone is 1. The number of aliphatic hydroxyl groups is 2. The Labute approximate surface area is 215 Å². The number of carbonyl (C=O) groups excluding carboxylic acids is 4. The van der Waals surface area contributed by atoms with Crippen molar-refractivity contribution in [3.8, 4) is 0 Å². The second-order valence-corrected chi connectivity index (χ2v) is 8.82. The van der Waals surface area contributed by atoms with Crippen LogP contribution < -0.4 is 0 Å². The lowest BCUT2D eigenvalue weighted by atomic mass is 9.85. The fourth-order valence-electron chi connectivity index (χ4n) is 4.06. The zero-order valence-corrected chi connectivity index (χ0v) is 21.5. The summed E-state index contributed by atoms with van der Waals surface area (Å²) < 4.78 is 21.8. The van der Waals surface area contributed by atoms with E-state index in [0.29, 0.717) is 12.0 Å². The van der Waals surface area contributed by atoms with Gasteiger partial charge in [-0.1, -0.05) is 24.3 Å². The lowest BCUT2D eigenvalue weighted by molar-refractivity contribution is -0.149. The molecule has 0 saturated carbocycles. The Morgan fingerprint density at radius 3 is 2.46 bits per heavy atom. The van der Waals surface area contributed by atoms with E-state index in [0.717, 1.165) is 11.6 Å². The molecule has 0 amide bonds. The lowest BCUT2D eigenvalue weighted by Gasteiger charge is -2.28. The molecule has 2 rings (SSSR count). The third-order valence-electron chi connectivity index (χ3n) is 6.11. The quantitative estimate of drug-likeness (QED) is 0.212. The maximum Gasteiger partial charge on any atom is 0.337 e. The molecule has 4 atom stereocenters. The van der Waals surface area contributed by atoms with Crippen molar-refractivity contribution in [3.05, 3.63) is 58.7 Å². The monoisotopic (exact) mass is 518 g/mol. The molecule has 0 spiro atoms. The van der Waals surface area contributed by atoms with Crippen molar-refractivity contribution in [2.75, 3.05) is 19.8 Å². The molecule has 0 radical (unpaired) electrons. The first-order valence-corrected chi connectivity index (χ1v) is 11.9. The van der Waals surface area contributed by atoms with Crippen LogP contribution in [0.15, 0.2) is 58.7 Å². The predicted molar refractivity (Wildman–Crippen MR) is 132 cm³/mol. The average molecular weight is 519 g/mol. The van der Waals surface area contributed by atoms with E-state index < -0.39 is 67.9 Å². The van der Waals surface area contributed by atoms with Crippen LogP contribution in [0.3, 0.4) is 0 Å². The minimum Gasteiger partial charge on any atom is -0.458 e. The molecule has 0 unspecified atom stereocenters. The number of ether oxygens (including phenoxy) is 4. The van der Waals surface area contributed by atoms with Crippen LogP contribution in [0.4, 0.5) is 0 Å². The van der Waals surface area contributed by atoms with E-state index in [1.165, 1.54) is 13.0 Å². The van der Waals surface area contributed by atoms with Gasteiger partial charge in [-0.3, -0.25) is 4.79 Å². The van der Waals surface area contributed by atoms with E-state index in [4.69, 9.17) is 18.9 Å². The molecule has 10 nitrogen and oxygen atoms in total. The molecule has 2 N–H and O–H groups in total. The minimum absolute atomic E-state index is 0.0137. The number of rotatable bonds is 8. The molecule has 1 saturated heterocycles. The minimum atomic E-state index is -0.872. The van der Waals surface area contributed by atoms with Crippen LogP contribution in [0.2, 0.25) is 0 Å². The molecule has 2 aliphatic rings. The summed E-state index contributed by atoms with van der Waals surface area (Å²) in [7, 11) is 0. The first kappa shape index (κ1) is 29.7. The summed E-state index contributed by atoms with van der Waals surface area (Å²) >= 11 is 0. The van der Waals surface area contributed by atoms with E-state index in [-0.39, 0.29) is 23.1 Å². The van der Waals surface area contributed by atoms with Crippen molar-refractivity contribution in [2.45, 2.75) is 58.8 Å². The summed E-state index contributed by atoms with van der Waals surface area (Å²) in [5, 5.41) is 18.6. The predicted octanol–water partition coefficient (Wildman–Crippen LogP) is 2.01. The number of esters is 4. The van der Waals surface area contributed by atoms with Crippen LogP contribution >= 0.6 is 0 Å². The van der Waals surface area contributed by atoms with Crippen molar-refractivity contribution < 1.29 is 48.3 Å². The molecule has 1 fully saturated rings. The Hall–Kier alpha value is -3.50. The van der Waals surface area contributed by atoms with Gasteiger partial charge in [0.1, 0.15) is 24.9 Å². The Bertz CT molecular complexity index is 1050. The zero-order chi connectivity index (χ0) is 27.7. The number of hydrogen-bond donors (Lipinski definition) is 2. The number of aliphatic hydroxyl groups excluding tert-OH is 2. The summed E-state index contributed by atoms with van der Waals surface area (Å²) in [6, 6.07) is 0. The van der Waals surface area contributed by atoms with E-state index in [1.807, 2.05) is 13.0 Å². The molecule has 0 aromatic rings. The number of hydrogen-bond acceptors (Lipinski definition) is 10. The zero-order valence-electron chi connectivity index (χ0n) is 21.5. The van der Waals surface area contributed by atoms with E-state index in [1.54, 1.807) is 19.9 Å². The first-order valence-electron chi connectivity index (χ1n) is 11.9. The van der Waals surface area contributed by atoms with Crippen molar-refractivity contribution in [2.24, 2.45) is 5.92 Å². The fourth-order valence-corrected chi connectivity index (χ4v) is 4.06. The van der Waals surface area contributed by atoms with Gasteiger partial charge in [-0.25, -0.2) is 14.4 Å². The van der Waals surface area contributed by atoms with Crippen molar-refractivity contribution in [3.63, 3.8) is 0 Å². The van der Waals surface area contributed by atoms with Gasteiger partial charge in [0, 0.05) is 25.3 Å². The third-order valence-corrected chi connectivity index (χ3v) is 6.11. The normalized spacial score (nSPS) is 27.6. The molecular formula is C27H34O10. The van der Waals surface area contributed by atoms with Gasteiger partial charge in [0.05, 0.1) is 30.3 Å². The Kier molecular flexibility index (Phi) is 11.0. The van der Waals surface area contributed by atoms with Crippen LogP contribution in [-0.2, 0) is 38.1 Å². The molecule has 1 aliphatic carbocycles. The van der Waals surface area contributed by atoms with Crippen molar-refractivity contribution in [1.82, 2.24) is 0 Å². The molecule has 0 aromatic carbocycles. The van der Waals surface area contributed by atoms with Gasteiger partial charge in [0.2, 0.25) is 0 Å². The summed E-state index contributed by atoms with van der Waals surface area (Å²) in [4.78, 5) is 49.2. The highest BCUT2D eigenvalue weighted by Gasteiger charge is 2.45. The van der Waals surface area contributed by atoms with Gasteiger partial charge in [0.25, 0.3) is 0 Å². The molecular weight excluding hydrogens is 484 g/mol. The van der Waals surface area contributed by atoms with Gasteiger partial charge in [-0.2, -0.15) is 0 Å². The van der Waals surface area contributed by atoms with Crippen LogP contribution in [-0.4, -0.2) is 72.2 Å². The largest absolute Gasteiger partial charge is 0.458 e. The molecule has 1 aliphatic heterocycles. The first-order chi connectivity index (χ1) is 17.5. The Balaban J connectivity index is 2.34. The van der Waals surface area contributed by atoms with E-state index in [9.17, 15) is 29.4 Å². The van der Waals surface area contributed by atoms with E-state index in [2.05, 4.69) is 6.58 Å². The molecule has 1 heterocycles. The lowest BCUT2D eigenvalue weighted by Crippen LogP contribution is -2.35. The van der Waals surface area contributed by atoms with Crippen LogP contribution in [0, 0.1) is 5.92 Å². The average Bonchev–Trinajstić information content (AvgIpc) is 3.11. The number of fused-ring (bicyclic) bond motifs is 1. The van der Waals surface area contributed by atoms with Crippen molar-refractivity contribution in [1.29, 1.82) is 0 Å². The molecule has 10 heteroatoms. The summed E-state index contributed by atoms with van der Waals surface area (Å²) in [5.41, 5.74) is 1.51. The fraction of sp³-hybridized carbons (Fsp3) is 0.481. The highest BCUT2D eigenvalue weighted by molar-refractivity contribution is 5.93. The van der Waals surface area contributed by atoms with Gasteiger partial charge in [0.15, 0.2) is 0 Å². The molecule has 0 bridgehead atoms. The smallest absolute Gasteiger partial charge is 0.337 e. The standard InChI is InChI=1S/C27H34O10/c1-6-19(13-29)26(32)34-14-20(9-10-28)27(33)37-22-11-15(2)7-8-21(35-18(5)30)16(3)12-23-24(22)17(4)25(31)36-23/h6-7,9,12,21-24,28-29H,4,8,10-11,13-14H2,1-3,5H3/b15-7+,16-12+,19-6+,20-9+/t21-,22+,23+,24+/m0/s1. The second kappa shape index (κ2) is 13.7. The summed E-state index contributed by atoms with van der Waals surface area (Å²) in [6.07, 6.45) is 4.45.